The number of amides is 3. The maximum atomic E-state index is 13.0. The number of nitrogens with one attached hydrogen (secondary N) is 3. The van der Waals surface area contributed by atoms with Gasteiger partial charge in [0.2, 0.25) is 17.7 Å². The highest BCUT2D eigenvalue weighted by atomic mass is 16.4. The molecule has 1 rings (SSSR count). The molecule has 0 aliphatic rings. The Kier molecular flexibility index (Phi) is 11.7. The summed E-state index contributed by atoms with van der Waals surface area (Å²) < 4.78 is 0. The van der Waals surface area contributed by atoms with E-state index in [1.54, 1.807) is 38.1 Å². The molecular weight excluding hydrogens is 440 g/mol. The molecule has 0 spiro atoms. The number of aliphatic carboxylic acids is 1. The van der Waals surface area contributed by atoms with Crippen molar-refractivity contribution in [3.63, 3.8) is 0 Å². The summed E-state index contributed by atoms with van der Waals surface area (Å²) in [6.45, 7) is 8.55. The second-order valence-corrected chi connectivity index (χ2v) is 9.28. The molecule has 34 heavy (non-hydrogen) atoms. The van der Waals surface area contributed by atoms with Gasteiger partial charge < -0.3 is 31.9 Å². The third-order valence-corrected chi connectivity index (χ3v) is 5.31. The molecule has 0 bridgehead atoms. The second-order valence-electron chi connectivity index (χ2n) is 9.28. The van der Waals surface area contributed by atoms with Gasteiger partial charge in [0.05, 0.1) is 6.10 Å². The summed E-state index contributed by atoms with van der Waals surface area (Å²) in [6, 6.07) is 4.50. The summed E-state index contributed by atoms with van der Waals surface area (Å²) in [4.78, 5) is 50.0. The summed E-state index contributed by atoms with van der Waals surface area (Å²) in [7, 11) is 0. The molecule has 0 aliphatic carbocycles. The van der Waals surface area contributed by atoms with E-state index in [0.29, 0.717) is 0 Å². The molecule has 0 radical (unpaired) electrons. The number of carbonyl (C=O) groups excluding carboxylic acids is 3. The van der Waals surface area contributed by atoms with Crippen LogP contribution in [0.4, 0.5) is 0 Å². The van der Waals surface area contributed by atoms with Gasteiger partial charge >= 0.3 is 5.97 Å². The van der Waals surface area contributed by atoms with Crippen molar-refractivity contribution in [2.24, 2.45) is 17.6 Å². The predicted molar refractivity (Wildman–Crippen MR) is 128 cm³/mol. The summed E-state index contributed by atoms with van der Waals surface area (Å²) in [5, 5.41) is 26.8. The lowest BCUT2D eigenvalue weighted by Gasteiger charge is -2.28. The van der Waals surface area contributed by atoms with Crippen LogP contribution in [0, 0.1) is 11.8 Å². The minimum absolute atomic E-state index is 0.0346. The fourth-order valence-corrected chi connectivity index (χ4v) is 3.29. The van der Waals surface area contributed by atoms with E-state index in [4.69, 9.17) is 5.73 Å². The summed E-state index contributed by atoms with van der Waals surface area (Å²) >= 11 is 0. The van der Waals surface area contributed by atoms with Gasteiger partial charge in [-0.15, -0.1) is 0 Å². The zero-order chi connectivity index (χ0) is 26.0. The first-order valence-electron chi connectivity index (χ1n) is 11.4. The van der Waals surface area contributed by atoms with Crippen LogP contribution in [0.15, 0.2) is 30.3 Å². The van der Waals surface area contributed by atoms with Gasteiger partial charge in [-0.25, -0.2) is 4.79 Å². The highest BCUT2D eigenvalue weighted by Gasteiger charge is 2.32. The number of aliphatic hydroxyl groups is 1. The Hall–Kier alpha value is -2.98. The lowest BCUT2D eigenvalue weighted by molar-refractivity contribution is -0.142. The third kappa shape index (κ3) is 9.48. The Labute approximate surface area is 200 Å². The average Bonchev–Trinajstić information content (AvgIpc) is 2.75. The molecule has 1 aromatic rings. The quantitative estimate of drug-likeness (QED) is 0.235. The topological polar surface area (TPSA) is 171 Å². The predicted octanol–water partition coefficient (Wildman–Crippen LogP) is 0.178. The van der Waals surface area contributed by atoms with Crippen molar-refractivity contribution < 1.29 is 29.4 Å². The van der Waals surface area contributed by atoms with Gasteiger partial charge in [0, 0.05) is 6.42 Å². The monoisotopic (exact) mass is 478 g/mol. The minimum atomic E-state index is -1.21. The van der Waals surface area contributed by atoms with Gasteiger partial charge in [0.1, 0.15) is 24.2 Å². The van der Waals surface area contributed by atoms with E-state index in [-0.39, 0.29) is 24.7 Å². The van der Waals surface area contributed by atoms with Gasteiger partial charge in [0.15, 0.2) is 0 Å². The van der Waals surface area contributed by atoms with Crippen molar-refractivity contribution in [3.8, 4) is 0 Å². The molecule has 10 nitrogen and oxygen atoms in total. The van der Waals surface area contributed by atoms with Crippen molar-refractivity contribution in [2.45, 2.75) is 77.7 Å². The zero-order valence-electron chi connectivity index (χ0n) is 20.4. The molecule has 0 aromatic heterocycles. The van der Waals surface area contributed by atoms with Crippen molar-refractivity contribution in [3.05, 3.63) is 35.9 Å². The Balaban J connectivity index is 2.96. The zero-order valence-corrected chi connectivity index (χ0v) is 20.4. The Morgan fingerprint density at radius 3 is 1.88 bits per heavy atom. The molecule has 5 atom stereocenters. The second kappa shape index (κ2) is 13.7. The number of aliphatic hydroxyl groups excluding tert-OH is 1. The third-order valence-electron chi connectivity index (χ3n) is 5.31. The molecule has 0 saturated carbocycles. The van der Waals surface area contributed by atoms with Crippen LogP contribution in [0.5, 0.6) is 0 Å². The number of carboxylic acid groups (broad SMARTS) is 1. The van der Waals surface area contributed by atoms with Crippen LogP contribution < -0.4 is 21.7 Å². The molecule has 3 amide bonds. The maximum absolute atomic E-state index is 13.0. The first-order valence-corrected chi connectivity index (χ1v) is 11.4. The molecule has 1 aromatic carbocycles. The standard InChI is InChI=1S/C24H38N4O6/c1-13(2)11-17(26-22(31)19(25)15(5)29)21(30)28-20(14(3)4)23(32)27-18(24(33)34)12-16-9-7-6-8-10-16/h6-10,13-15,17-20,29H,11-12,25H2,1-5H3,(H,26,31)(H,27,32)(H,28,30)(H,33,34). The van der Waals surface area contributed by atoms with Gasteiger partial charge in [-0.3, -0.25) is 14.4 Å². The normalized spacial score (nSPS) is 15.7. The van der Waals surface area contributed by atoms with E-state index in [9.17, 15) is 29.4 Å². The highest BCUT2D eigenvalue weighted by molar-refractivity contribution is 5.94. The fraction of sp³-hybridized carbons (Fsp3) is 0.583. The van der Waals surface area contributed by atoms with Gasteiger partial charge in [-0.2, -0.15) is 0 Å². The maximum Gasteiger partial charge on any atom is 0.326 e. The Bertz CT molecular complexity index is 828. The van der Waals surface area contributed by atoms with Crippen molar-refractivity contribution in [1.29, 1.82) is 0 Å². The van der Waals surface area contributed by atoms with E-state index in [2.05, 4.69) is 16.0 Å². The lowest BCUT2D eigenvalue weighted by Crippen LogP contribution is -2.59. The largest absolute Gasteiger partial charge is 0.480 e. The molecule has 0 saturated heterocycles. The van der Waals surface area contributed by atoms with Crippen LogP contribution in [-0.2, 0) is 25.6 Å². The van der Waals surface area contributed by atoms with Gasteiger partial charge in [-0.05, 0) is 30.7 Å². The number of nitrogens with two attached hydrogens (primary N) is 1. The van der Waals surface area contributed by atoms with E-state index in [0.717, 1.165) is 5.56 Å². The van der Waals surface area contributed by atoms with E-state index in [1.807, 2.05) is 19.9 Å². The van der Waals surface area contributed by atoms with Gasteiger partial charge in [0.25, 0.3) is 0 Å². The highest BCUT2D eigenvalue weighted by Crippen LogP contribution is 2.10. The van der Waals surface area contributed by atoms with Crippen LogP contribution >= 0.6 is 0 Å². The molecule has 0 heterocycles. The Morgan fingerprint density at radius 2 is 1.41 bits per heavy atom. The van der Waals surface area contributed by atoms with Crippen LogP contribution in [0.3, 0.4) is 0 Å². The molecular formula is C24H38N4O6. The first-order chi connectivity index (χ1) is 15.8. The number of rotatable bonds is 13. The number of hydrogen-bond acceptors (Lipinski definition) is 6. The SMILES string of the molecule is CC(C)CC(NC(=O)C(N)C(C)O)C(=O)NC(C(=O)NC(Cc1ccccc1)C(=O)O)C(C)C. The smallest absolute Gasteiger partial charge is 0.326 e. The molecule has 0 aliphatic heterocycles. The summed E-state index contributed by atoms with van der Waals surface area (Å²) in [5.74, 6) is -3.43. The number of carbonyl (C=O) groups is 4. The van der Waals surface area contributed by atoms with Crippen molar-refractivity contribution in [2.75, 3.05) is 0 Å². The summed E-state index contributed by atoms with van der Waals surface area (Å²) in [5.41, 5.74) is 6.41. The van der Waals surface area contributed by atoms with Crippen LogP contribution in [0.1, 0.15) is 46.6 Å². The van der Waals surface area contributed by atoms with E-state index < -0.39 is 54.0 Å². The van der Waals surface area contributed by atoms with Crippen LogP contribution in [0.2, 0.25) is 0 Å². The fourth-order valence-electron chi connectivity index (χ4n) is 3.29. The summed E-state index contributed by atoms with van der Waals surface area (Å²) in [6.07, 6.45) is -0.735. The molecule has 10 heteroatoms. The average molecular weight is 479 g/mol. The van der Waals surface area contributed by atoms with E-state index in [1.165, 1.54) is 6.92 Å². The molecule has 7 N–H and O–H groups in total. The van der Waals surface area contributed by atoms with Crippen molar-refractivity contribution in [1.82, 2.24) is 16.0 Å². The number of carboxylic acids is 1. The lowest BCUT2D eigenvalue weighted by atomic mass is 9.98. The van der Waals surface area contributed by atoms with E-state index >= 15 is 0 Å². The molecule has 190 valence electrons. The Morgan fingerprint density at radius 1 is 0.853 bits per heavy atom. The minimum Gasteiger partial charge on any atom is -0.480 e. The first kappa shape index (κ1) is 29.1. The molecule has 5 unspecified atom stereocenters. The van der Waals surface area contributed by atoms with Crippen LogP contribution in [0.25, 0.3) is 0 Å². The number of benzene rings is 1. The number of hydrogen-bond donors (Lipinski definition) is 6. The van der Waals surface area contributed by atoms with Crippen LogP contribution in [-0.4, -0.2) is 64.2 Å². The van der Waals surface area contributed by atoms with Gasteiger partial charge in [-0.1, -0.05) is 58.0 Å². The van der Waals surface area contributed by atoms with Crippen molar-refractivity contribution >= 4 is 23.7 Å². The molecule has 0 fully saturated rings.